The molecule has 0 fully saturated rings. The highest BCUT2D eigenvalue weighted by molar-refractivity contribution is 7.13. The van der Waals surface area contributed by atoms with Gasteiger partial charge < -0.3 is 9.84 Å². The van der Waals surface area contributed by atoms with Crippen molar-refractivity contribution in [2.45, 2.75) is 19.4 Å². The minimum absolute atomic E-state index is 0.0333. The lowest BCUT2D eigenvalue weighted by Crippen LogP contribution is -2.23. The summed E-state index contributed by atoms with van der Waals surface area (Å²) in [6.07, 6.45) is 0.752. The van der Waals surface area contributed by atoms with Gasteiger partial charge in [-0.3, -0.25) is 4.79 Å². The lowest BCUT2D eigenvalue weighted by atomic mass is 10.1. The second-order valence-electron chi connectivity index (χ2n) is 5.95. The van der Waals surface area contributed by atoms with Crippen molar-refractivity contribution in [1.29, 1.82) is 0 Å². The van der Waals surface area contributed by atoms with Crippen LogP contribution in [0.2, 0.25) is 0 Å². The quantitative estimate of drug-likeness (QED) is 0.557. The van der Waals surface area contributed by atoms with E-state index >= 15 is 0 Å². The molecule has 0 saturated carbocycles. The Kier molecular flexibility index (Phi) is 4.75. The van der Waals surface area contributed by atoms with Gasteiger partial charge in [0.1, 0.15) is 0 Å². The molecule has 0 saturated heterocycles. The molecular weight excluding hydrogens is 346 g/mol. The smallest absolute Gasteiger partial charge is 0.227 e. The Morgan fingerprint density at radius 3 is 2.81 bits per heavy atom. The highest BCUT2D eigenvalue weighted by atomic mass is 32.1. The summed E-state index contributed by atoms with van der Waals surface area (Å²) in [4.78, 5) is 17.4. The average Bonchev–Trinajstić information content (AvgIpc) is 3.36. The van der Waals surface area contributed by atoms with E-state index in [0.717, 1.165) is 10.4 Å². The molecule has 1 amide bonds. The van der Waals surface area contributed by atoms with Gasteiger partial charge in [0.25, 0.3) is 0 Å². The number of aryl methyl sites for hydroxylation is 1. The van der Waals surface area contributed by atoms with Crippen LogP contribution < -0.4 is 5.32 Å². The lowest BCUT2D eigenvalue weighted by molar-refractivity contribution is -0.121. The van der Waals surface area contributed by atoms with Crippen molar-refractivity contribution in [3.63, 3.8) is 0 Å². The molecule has 6 heteroatoms. The molecule has 26 heavy (non-hydrogen) atoms. The molecule has 1 N–H and O–H groups in total. The maximum atomic E-state index is 12.1. The van der Waals surface area contributed by atoms with E-state index in [2.05, 4.69) is 39.7 Å². The molecule has 0 atom stereocenters. The molecule has 4 aromatic rings. The second kappa shape index (κ2) is 7.49. The third-order valence-corrected chi connectivity index (χ3v) is 4.94. The summed E-state index contributed by atoms with van der Waals surface area (Å²) >= 11 is 1.56. The summed E-state index contributed by atoms with van der Waals surface area (Å²) in [5.41, 5.74) is 1.08. The number of nitrogens with zero attached hydrogens (tertiary/aromatic N) is 2. The lowest BCUT2D eigenvalue weighted by Gasteiger charge is -2.06. The molecule has 0 aliphatic rings. The van der Waals surface area contributed by atoms with Gasteiger partial charge in [0.2, 0.25) is 17.6 Å². The van der Waals surface area contributed by atoms with Crippen LogP contribution in [0, 0.1) is 0 Å². The van der Waals surface area contributed by atoms with Crippen LogP contribution in [0.15, 0.2) is 64.5 Å². The van der Waals surface area contributed by atoms with Gasteiger partial charge in [0.05, 0.1) is 4.88 Å². The van der Waals surface area contributed by atoms with Crippen molar-refractivity contribution in [3.8, 4) is 10.7 Å². The van der Waals surface area contributed by atoms with E-state index in [-0.39, 0.29) is 5.91 Å². The molecule has 2 aromatic heterocycles. The van der Waals surface area contributed by atoms with Gasteiger partial charge in [-0.1, -0.05) is 47.6 Å². The number of carbonyl (C=O) groups is 1. The van der Waals surface area contributed by atoms with Crippen LogP contribution in [0.25, 0.3) is 21.5 Å². The average molecular weight is 363 g/mol. The Balaban J connectivity index is 1.30. The van der Waals surface area contributed by atoms with Crippen LogP contribution in [0.3, 0.4) is 0 Å². The number of benzene rings is 2. The normalized spacial score (nSPS) is 10.9. The fourth-order valence-corrected chi connectivity index (χ4v) is 3.37. The van der Waals surface area contributed by atoms with Crippen molar-refractivity contribution >= 4 is 28.0 Å². The Bertz CT molecular complexity index is 1020. The number of aromatic nitrogens is 2. The van der Waals surface area contributed by atoms with Crippen LogP contribution in [-0.2, 0) is 17.8 Å². The van der Waals surface area contributed by atoms with Gasteiger partial charge >= 0.3 is 0 Å². The Labute approximate surface area is 154 Å². The fraction of sp³-hybridized carbons (Fsp3) is 0.150. The van der Waals surface area contributed by atoms with Gasteiger partial charge in [-0.2, -0.15) is 4.98 Å². The number of rotatable bonds is 6. The standard InChI is InChI=1S/C20H17N3O2S/c24-18(9-10-19-22-20(23-25-19)17-6-3-11-26-17)21-13-14-7-8-15-4-1-2-5-16(15)12-14/h1-8,11-12H,9-10,13H2,(H,21,24). The van der Waals surface area contributed by atoms with Crippen LogP contribution in [0.5, 0.6) is 0 Å². The molecule has 2 heterocycles. The molecule has 0 unspecified atom stereocenters. The van der Waals surface area contributed by atoms with Gasteiger partial charge in [-0.15, -0.1) is 11.3 Å². The number of carbonyl (C=O) groups excluding carboxylic acids is 1. The highest BCUT2D eigenvalue weighted by Crippen LogP contribution is 2.21. The molecule has 0 aliphatic carbocycles. The van der Waals surface area contributed by atoms with Crippen molar-refractivity contribution in [2.75, 3.05) is 0 Å². The van der Waals surface area contributed by atoms with Crippen molar-refractivity contribution < 1.29 is 9.32 Å². The Hall–Kier alpha value is -2.99. The predicted octanol–water partition coefficient (Wildman–Crippen LogP) is 4.20. The van der Waals surface area contributed by atoms with Gasteiger partial charge in [0.15, 0.2) is 0 Å². The summed E-state index contributed by atoms with van der Waals surface area (Å²) in [5.74, 6) is 1.02. The summed E-state index contributed by atoms with van der Waals surface area (Å²) in [6, 6.07) is 18.3. The first-order valence-corrected chi connectivity index (χ1v) is 9.27. The molecule has 4 rings (SSSR count). The van der Waals surface area contributed by atoms with E-state index in [1.807, 2.05) is 35.7 Å². The van der Waals surface area contributed by atoms with E-state index in [1.165, 1.54) is 10.8 Å². The first-order valence-electron chi connectivity index (χ1n) is 8.39. The number of hydrogen-bond acceptors (Lipinski definition) is 5. The highest BCUT2D eigenvalue weighted by Gasteiger charge is 2.11. The van der Waals surface area contributed by atoms with Gasteiger partial charge in [-0.25, -0.2) is 0 Å². The van der Waals surface area contributed by atoms with Crippen molar-refractivity contribution in [2.24, 2.45) is 0 Å². The number of thiophene rings is 1. The maximum absolute atomic E-state index is 12.1. The minimum Gasteiger partial charge on any atom is -0.352 e. The Morgan fingerprint density at radius 1 is 1.08 bits per heavy atom. The topological polar surface area (TPSA) is 68.0 Å². The molecule has 5 nitrogen and oxygen atoms in total. The summed E-state index contributed by atoms with van der Waals surface area (Å²) in [7, 11) is 0. The number of hydrogen-bond donors (Lipinski definition) is 1. The summed E-state index contributed by atoms with van der Waals surface area (Å²) in [5, 5.41) is 11.2. The van der Waals surface area contributed by atoms with Crippen LogP contribution in [0.4, 0.5) is 0 Å². The summed E-state index contributed by atoms with van der Waals surface area (Å²) < 4.78 is 5.22. The van der Waals surface area contributed by atoms with Crippen LogP contribution in [-0.4, -0.2) is 16.0 Å². The first-order chi connectivity index (χ1) is 12.8. The molecule has 2 aromatic carbocycles. The minimum atomic E-state index is -0.0333. The van der Waals surface area contributed by atoms with Gasteiger partial charge in [-0.05, 0) is 33.8 Å². The largest absolute Gasteiger partial charge is 0.352 e. The number of amides is 1. The van der Waals surface area contributed by atoms with E-state index in [9.17, 15) is 4.79 Å². The first kappa shape index (κ1) is 16.5. The molecule has 0 radical (unpaired) electrons. The van der Waals surface area contributed by atoms with E-state index < -0.39 is 0 Å². The zero-order chi connectivity index (χ0) is 17.8. The van der Waals surface area contributed by atoms with Crippen LogP contribution in [0.1, 0.15) is 17.9 Å². The van der Waals surface area contributed by atoms with Crippen molar-refractivity contribution in [3.05, 3.63) is 71.4 Å². The SMILES string of the molecule is O=C(CCc1nc(-c2cccs2)no1)NCc1ccc2ccccc2c1. The maximum Gasteiger partial charge on any atom is 0.227 e. The van der Waals surface area contributed by atoms with Gasteiger partial charge in [0, 0.05) is 19.4 Å². The third-order valence-electron chi connectivity index (χ3n) is 4.08. The monoisotopic (exact) mass is 363 g/mol. The zero-order valence-electron chi connectivity index (χ0n) is 14.0. The molecule has 130 valence electrons. The zero-order valence-corrected chi connectivity index (χ0v) is 14.8. The van der Waals surface area contributed by atoms with Crippen LogP contribution >= 0.6 is 11.3 Å². The molecular formula is C20H17N3O2S. The van der Waals surface area contributed by atoms with E-state index in [0.29, 0.717) is 31.1 Å². The van der Waals surface area contributed by atoms with Crippen molar-refractivity contribution in [1.82, 2.24) is 15.5 Å². The van der Waals surface area contributed by atoms with E-state index in [1.54, 1.807) is 11.3 Å². The summed E-state index contributed by atoms with van der Waals surface area (Å²) in [6.45, 7) is 0.508. The molecule has 0 aliphatic heterocycles. The third kappa shape index (κ3) is 3.81. The Morgan fingerprint density at radius 2 is 1.96 bits per heavy atom. The number of fused-ring (bicyclic) bond motifs is 1. The fourth-order valence-electron chi connectivity index (χ4n) is 2.72. The molecule has 0 spiro atoms. The van der Waals surface area contributed by atoms with E-state index in [4.69, 9.17) is 4.52 Å². The predicted molar refractivity (Wildman–Crippen MR) is 102 cm³/mol. The molecule has 0 bridgehead atoms. The number of nitrogens with one attached hydrogen (secondary N) is 1. The second-order valence-corrected chi connectivity index (χ2v) is 6.89.